The summed E-state index contributed by atoms with van der Waals surface area (Å²) in [5, 5.41) is 15.9. The lowest BCUT2D eigenvalue weighted by molar-refractivity contribution is 1.00. The van der Waals surface area contributed by atoms with Crippen molar-refractivity contribution in [3.8, 4) is 6.07 Å². The topological polar surface area (TPSA) is 61.6 Å². The molecule has 4 nitrogen and oxygen atoms in total. The molecule has 2 aromatic heterocycles. The molecule has 0 aliphatic heterocycles. The summed E-state index contributed by atoms with van der Waals surface area (Å²) in [6, 6.07) is 4.04. The fourth-order valence-electron chi connectivity index (χ4n) is 1.25. The first kappa shape index (κ1) is 10.6. The van der Waals surface area contributed by atoms with Crippen molar-refractivity contribution in [2.24, 2.45) is 0 Å². The van der Waals surface area contributed by atoms with Gasteiger partial charge in [-0.25, -0.2) is 9.97 Å². The average Bonchev–Trinajstić information content (AvgIpc) is 2.83. The first-order valence-electron chi connectivity index (χ1n) is 4.85. The molecule has 0 aliphatic carbocycles. The molecular weight excluding hydrogens is 220 g/mol. The number of nitriles is 1. The first-order chi connectivity index (χ1) is 7.88. The Balaban J connectivity index is 1.83. The first-order valence-corrected chi connectivity index (χ1v) is 5.80. The van der Waals surface area contributed by atoms with Gasteiger partial charge in [0.15, 0.2) is 5.69 Å². The molecule has 2 rings (SSSR count). The van der Waals surface area contributed by atoms with Crippen molar-refractivity contribution in [2.75, 3.05) is 11.9 Å². The van der Waals surface area contributed by atoms with Crippen molar-refractivity contribution in [1.29, 1.82) is 5.26 Å². The summed E-state index contributed by atoms with van der Waals surface area (Å²) in [4.78, 5) is 8.00. The van der Waals surface area contributed by atoms with Gasteiger partial charge in [-0.15, -0.1) is 0 Å². The van der Waals surface area contributed by atoms with Crippen LogP contribution < -0.4 is 5.32 Å². The normalized spacial score (nSPS) is 9.69. The van der Waals surface area contributed by atoms with Gasteiger partial charge in [0.1, 0.15) is 11.9 Å². The monoisotopic (exact) mass is 230 g/mol. The highest BCUT2D eigenvalue weighted by Gasteiger charge is 1.96. The molecular formula is C11H10N4S. The van der Waals surface area contributed by atoms with Crippen LogP contribution in [0.3, 0.4) is 0 Å². The Morgan fingerprint density at radius 2 is 2.31 bits per heavy atom. The van der Waals surface area contributed by atoms with E-state index in [2.05, 4.69) is 32.1 Å². The lowest BCUT2D eigenvalue weighted by Gasteiger charge is -2.03. The standard InChI is InChI=1S/C11H10N4S/c12-5-10-6-15-11(7-14-10)13-3-1-9-2-4-16-8-9/h2,4,6-8H,1,3H2,(H,13,15). The molecule has 16 heavy (non-hydrogen) atoms. The second-order valence-electron chi connectivity index (χ2n) is 3.21. The van der Waals surface area contributed by atoms with Crippen LogP contribution >= 0.6 is 11.3 Å². The van der Waals surface area contributed by atoms with E-state index in [1.54, 1.807) is 17.5 Å². The molecule has 0 saturated heterocycles. The van der Waals surface area contributed by atoms with Crippen LogP contribution in [-0.4, -0.2) is 16.5 Å². The summed E-state index contributed by atoms with van der Waals surface area (Å²) in [6.07, 6.45) is 4.00. The van der Waals surface area contributed by atoms with E-state index in [-0.39, 0.29) is 0 Å². The second-order valence-corrected chi connectivity index (χ2v) is 3.99. The smallest absolute Gasteiger partial charge is 0.158 e. The molecule has 0 aromatic carbocycles. The summed E-state index contributed by atoms with van der Waals surface area (Å²) in [5.41, 5.74) is 1.66. The van der Waals surface area contributed by atoms with Crippen molar-refractivity contribution < 1.29 is 0 Å². The Bertz CT molecular complexity index is 470. The van der Waals surface area contributed by atoms with E-state index in [1.807, 2.05) is 6.07 Å². The van der Waals surface area contributed by atoms with E-state index < -0.39 is 0 Å². The molecule has 0 fully saturated rings. The number of nitrogens with zero attached hydrogens (tertiary/aromatic N) is 3. The molecule has 0 bridgehead atoms. The molecule has 80 valence electrons. The molecule has 0 atom stereocenters. The Hall–Kier alpha value is -1.93. The molecule has 0 radical (unpaired) electrons. The van der Waals surface area contributed by atoms with Crippen LogP contribution in [0.1, 0.15) is 11.3 Å². The number of hydrogen-bond donors (Lipinski definition) is 1. The van der Waals surface area contributed by atoms with Crippen molar-refractivity contribution in [3.05, 3.63) is 40.5 Å². The van der Waals surface area contributed by atoms with Crippen molar-refractivity contribution in [2.45, 2.75) is 6.42 Å². The third-order valence-corrected chi connectivity index (χ3v) is 2.80. The number of rotatable bonds is 4. The maximum absolute atomic E-state index is 8.56. The number of nitrogens with one attached hydrogen (secondary N) is 1. The van der Waals surface area contributed by atoms with E-state index in [9.17, 15) is 0 Å². The zero-order chi connectivity index (χ0) is 11.2. The van der Waals surface area contributed by atoms with Gasteiger partial charge in [0.05, 0.1) is 12.4 Å². The Kier molecular flexibility index (Phi) is 3.46. The van der Waals surface area contributed by atoms with Crippen LogP contribution in [0.25, 0.3) is 0 Å². The van der Waals surface area contributed by atoms with Crippen LogP contribution in [0, 0.1) is 11.3 Å². The van der Waals surface area contributed by atoms with E-state index in [4.69, 9.17) is 5.26 Å². The minimum atomic E-state index is 0.336. The Morgan fingerprint density at radius 1 is 1.38 bits per heavy atom. The number of anilines is 1. The second kappa shape index (κ2) is 5.24. The van der Waals surface area contributed by atoms with Crippen LogP contribution in [0.5, 0.6) is 0 Å². The molecule has 0 amide bonds. The maximum atomic E-state index is 8.56. The number of hydrogen-bond acceptors (Lipinski definition) is 5. The van der Waals surface area contributed by atoms with Crippen LogP contribution in [0.2, 0.25) is 0 Å². The molecule has 0 spiro atoms. The van der Waals surface area contributed by atoms with Gasteiger partial charge in [-0.3, -0.25) is 0 Å². The van der Waals surface area contributed by atoms with E-state index in [1.165, 1.54) is 11.8 Å². The van der Waals surface area contributed by atoms with Crippen LogP contribution in [-0.2, 0) is 6.42 Å². The van der Waals surface area contributed by atoms with E-state index in [0.717, 1.165) is 13.0 Å². The fraction of sp³-hybridized carbons (Fsp3) is 0.182. The summed E-state index contributed by atoms with van der Waals surface area (Å²) < 4.78 is 0. The zero-order valence-corrected chi connectivity index (χ0v) is 9.37. The summed E-state index contributed by atoms with van der Waals surface area (Å²) in [5.74, 6) is 0.703. The molecule has 5 heteroatoms. The quantitative estimate of drug-likeness (QED) is 0.873. The van der Waals surface area contributed by atoms with Gasteiger partial charge in [-0.1, -0.05) is 0 Å². The van der Waals surface area contributed by atoms with Crippen molar-refractivity contribution in [3.63, 3.8) is 0 Å². The predicted molar refractivity (Wildman–Crippen MR) is 63.3 cm³/mol. The van der Waals surface area contributed by atoms with Gasteiger partial charge in [-0.05, 0) is 28.8 Å². The van der Waals surface area contributed by atoms with Gasteiger partial charge < -0.3 is 5.32 Å². The lowest BCUT2D eigenvalue weighted by Crippen LogP contribution is -2.06. The molecule has 0 saturated carbocycles. The highest BCUT2D eigenvalue weighted by molar-refractivity contribution is 7.07. The molecule has 2 aromatic rings. The molecule has 2 heterocycles. The SMILES string of the molecule is N#Cc1cnc(NCCc2ccsc2)cn1. The average molecular weight is 230 g/mol. The van der Waals surface area contributed by atoms with Crippen molar-refractivity contribution >= 4 is 17.2 Å². The lowest BCUT2D eigenvalue weighted by atomic mass is 10.2. The van der Waals surface area contributed by atoms with Crippen molar-refractivity contribution in [1.82, 2.24) is 9.97 Å². The minimum Gasteiger partial charge on any atom is -0.368 e. The van der Waals surface area contributed by atoms with Gasteiger partial charge in [0.2, 0.25) is 0 Å². The highest BCUT2D eigenvalue weighted by atomic mass is 32.1. The van der Waals surface area contributed by atoms with Gasteiger partial charge in [-0.2, -0.15) is 16.6 Å². The maximum Gasteiger partial charge on any atom is 0.158 e. The summed E-state index contributed by atoms with van der Waals surface area (Å²) >= 11 is 1.70. The van der Waals surface area contributed by atoms with Gasteiger partial charge in [0, 0.05) is 6.54 Å². The number of thiophene rings is 1. The Morgan fingerprint density at radius 3 is 2.94 bits per heavy atom. The highest BCUT2D eigenvalue weighted by Crippen LogP contribution is 2.07. The predicted octanol–water partition coefficient (Wildman–Crippen LogP) is 2.06. The van der Waals surface area contributed by atoms with E-state index in [0.29, 0.717) is 11.5 Å². The third kappa shape index (κ3) is 2.78. The molecule has 1 N–H and O–H groups in total. The number of aromatic nitrogens is 2. The Labute approximate surface area is 97.6 Å². The van der Waals surface area contributed by atoms with Crippen LogP contribution in [0.15, 0.2) is 29.2 Å². The molecule has 0 aliphatic rings. The molecule has 0 unspecified atom stereocenters. The third-order valence-electron chi connectivity index (χ3n) is 2.07. The van der Waals surface area contributed by atoms with E-state index >= 15 is 0 Å². The minimum absolute atomic E-state index is 0.336. The van der Waals surface area contributed by atoms with Gasteiger partial charge >= 0.3 is 0 Å². The summed E-state index contributed by atoms with van der Waals surface area (Å²) in [6.45, 7) is 0.817. The summed E-state index contributed by atoms with van der Waals surface area (Å²) in [7, 11) is 0. The zero-order valence-electron chi connectivity index (χ0n) is 8.55. The largest absolute Gasteiger partial charge is 0.368 e. The van der Waals surface area contributed by atoms with Crippen LogP contribution in [0.4, 0.5) is 5.82 Å². The fourth-order valence-corrected chi connectivity index (χ4v) is 1.95. The van der Waals surface area contributed by atoms with Gasteiger partial charge in [0.25, 0.3) is 0 Å².